The second kappa shape index (κ2) is 6.48. The van der Waals surface area contributed by atoms with Crippen molar-refractivity contribution in [2.75, 3.05) is 0 Å². The van der Waals surface area contributed by atoms with E-state index in [0.717, 1.165) is 25.1 Å². The van der Waals surface area contributed by atoms with Gasteiger partial charge in [-0.2, -0.15) is 0 Å². The van der Waals surface area contributed by atoms with Crippen LogP contribution in [0, 0.1) is 23.9 Å². The molecule has 0 fully saturated rings. The number of nitrogens with zero attached hydrogens (tertiary/aromatic N) is 1. The Bertz CT molecular complexity index is 566. The smallest absolute Gasteiger partial charge is 0.250 e. The molecule has 1 aromatic heterocycles. The molecule has 0 N–H and O–H groups in total. The topological polar surface area (TPSA) is 22.0 Å². The highest BCUT2D eigenvalue weighted by molar-refractivity contribution is 6.88. The van der Waals surface area contributed by atoms with Gasteiger partial charge in [0, 0.05) is 32.3 Å². The third-order valence-electron chi connectivity index (χ3n) is 3.99. The van der Waals surface area contributed by atoms with Gasteiger partial charge in [-0.1, -0.05) is 45.3 Å². The van der Waals surface area contributed by atoms with E-state index in [9.17, 15) is 4.79 Å². The minimum absolute atomic E-state index is 0.131. The molecule has 0 saturated carbocycles. The molecule has 1 aliphatic heterocycles. The van der Waals surface area contributed by atoms with Crippen LogP contribution in [0.1, 0.15) is 18.5 Å². The number of hydrogen-bond acceptors (Lipinski definition) is 1. The van der Waals surface area contributed by atoms with Gasteiger partial charge in [0.15, 0.2) is 0 Å². The van der Waals surface area contributed by atoms with Gasteiger partial charge in [0.25, 0.3) is 5.56 Å². The maximum absolute atomic E-state index is 12.1. The summed E-state index contributed by atoms with van der Waals surface area (Å²) in [6, 6.07) is 8.22. The first-order valence-electron chi connectivity index (χ1n) is 8.22. The van der Waals surface area contributed by atoms with E-state index in [1.54, 1.807) is 11.6 Å². The minimum atomic E-state index is -1.38. The minimum Gasteiger partial charge on any atom is -0.312 e. The average Bonchev–Trinajstić information content (AvgIpc) is 2.36. The number of fused-ring (bicyclic) bond motifs is 1. The van der Waals surface area contributed by atoms with Crippen LogP contribution >= 0.6 is 0 Å². The van der Waals surface area contributed by atoms with Gasteiger partial charge < -0.3 is 4.57 Å². The first-order chi connectivity index (χ1) is 10.1. The highest BCUT2D eigenvalue weighted by atomic mass is 28.3. The second-order valence-corrected chi connectivity index (χ2v) is 18.5. The molecule has 120 valence electrons. The molecular formula is C18H29NOSi2. The molecule has 4 heteroatoms. The zero-order chi connectivity index (χ0) is 16.5. The fraction of sp³-hybridized carbons (Fsp3) is 0.500. The predicted octanol–water partition coefficient (Wildman–Crippen LogP) is 4.30. The van der Waals surface area contributed by atoms with E-state index < -0.39 is 16.1 Å². The molecule has 2 rings (SSSR count). The highest BCUT2D eigenvalue weighted by Crippen LogP contribution is 2.37. The van der Waals surface area contributed by atoms with Gasteiger partial charge in [-0.3, -0.25) is 4.79 Å². The van der Waals surface area contributed by atoms with Crippen LogP contribution < -0.4 is 5.56 Å². The van der Waals surface area contributed by atoms with E-state index >= 15 is 0 Å². The molecule has 0 bridgehead atoms. The zero-order valence-corrected chi connectivity index (χ0v) is 16.9. The summed E-state index contributed by atoms with van der Waals surface area (Å²) in [6.45, 7) is 15.3. The number of hydrogen-bond donors (Lipinski definition) is 0. The van der Waals surface area contributed by atoms with Gasteiger partial charge in [0.05, 0.1) is 8.07 Å². The van der Waals surface area contributed by atoms with Crippen LogP contribution in [0.4, 0.5) is 0 Å². The second-order valence-electron chi connectivity index (χ2n) is 8.39. The molecular weight excluding hydrogens is 302 g/mol. The van der Waals surface area contributed by atoms with Crippen molar-refractivity contribution in [3.05, 3.63) is 58.2 Å². The van der Waals surface area contributed by atoms with Crippen LogP contribution in [0.3, 0.4) is 0 Å². The number of pyridine rings is 1. The molecule has 1 aromatic rings. The van der Waals surface area contributed by atoms with Gasteiger partial charge in [-0.05, 0) is 36.9 Å². The SMILES string of the molecule is C[Si](C)(C)[CH][C]([CH][C]1CCCn2c1cccc2=O)[Si](C)(C)C. The monoisotopic (exact) mass is 331 g/mol. The predicted molar refractivity (Wildman–Crippen MR) is 101 cm³/mol. The molecule has 0 unspecified atom stereocenters. The Hall–Kier alpha value is -0.616. The van der Waals surface area contributed by atoms with E-state index in [1.165, 1.54) is 5.92 Å². The van der Waals surface area contributed by atoms with Gasteiger partial charge >= 0.3 is 0 Å². The lowest BCUT2D eigenvalue weighted by Crippen LogP contribution is -2.40. The molecule has 0 atom stereocenters. The van der Waals surface area contributed by atoms with Gasteiger partial charge in [0.1, 0.15) is 0 Å². The highest BCUT2D eigenvalue weighted by Gasteiger charge is 2.35. The Balaban J connectivity index is 2.25. The van der Waals surface area contributed by atoms with Crippen molar-refractivity contribution >= 4 is 16.1 Å². The van der Waals surface area contributed by atoms with Gasteiger partial charge in [0.2, 0.25) is 0 Å². The molecule has 0 spiro atoms. The lowest BCUT2D eigenvalue weighted by molar-refractivity contribution is 0.540. The summed E-state index contributed by atoms with van der Waals surface area (Å²) < 4.78 is 1.94. The largest absolute Gasteiger partial charge is 0.312 e. The van der Waals surface area contributed by atoms with Crippen molar-refractivity contribution < 1.29 is 0 Å². The summed E-state index contributed by atoms with van der Waals surface area (Å²) >= 11 is 0. The molecule has 1 aliphatic rings. The Morgan fingerprint density at radius 1 is 1.14 bits per heavy atom. The summed E-state index contributed by atoms with van der Waals surface area (Å²) in [5, 5.41) is 0. The van der Waals surface area contributed by atoms with Crippen molar-refractivity contribution in [3.63, 3.8) is 0 Å². The van der Waals surface area contributed by atoms with Gasteiger partial charge in [-0.25, -0.2) is 0 Å². The van der Waals surface area contributed by atoms with E-state index in [-0.39, 0.29) is 5.56 Å². The van der Waals surface area contributed by atoms with Crippen molar-refractivity contribution in [1.82, 2.24) is 4.57 Å². The van der Waals surface area contributed by atoms with E-state index in [1.807, 2.05) is 10.6 Å². The van der Waals surface area contributed by atoms with Crippen LogP contribution in [0.5, 0.6) is 0 Å². The van der Waals surface area contributed by atoms with Crippen LogP contribution in [0.15, 0.2) is 23.0 Å². The lowest BCUT2D eigenvalue weighted by Gasteiger charge is -2.36. The molecule has 22 heavy (non-hydrogen) atoms. The fourth-order valence-corrected chi connectivity index (χ4v) is 7.52. The Labute approximate surface area is 138 Å². The van der Waals surface area contributed by atoms with Crippen LogP contribution in [-0.2, 0) is 6.54 Å². The van der Waals surface area contributed by atoms with Crippen LogP contribution in [-0.4, -0.2) is 20.7 Å². The fourth-order valence-electron chi connectivity index (χ4n) is 2.86. The van der Waals surface area contributed by atoms with E-state index in [0.29, 0.717) is 0 Å². The number of rotatable bonds is 5. The molecule has 4 radical (unpaired) electrons. The third kappa shape index (κ3) is 4.45. The maximum atomic E-state index is 12.1. The van der Waals surface area contributed by atoms with Crippen molar-refractivity contribution in [2.24, 2.45) is 0 Å². The van der Waals surface area contributed by atoms with Crippen molar-refractivity contribution in [2.45, 2.75) is 58.7 Å². The molecule has 0 saturated heterocycles. The summed E-state index contributed by atoms with van der Waals surface area (Å²) in [5.74, 6) is 1.34. The first kappa shape index (κ1) is 17.7. The maximum Gasteiger partial charge on any atom is 0.250 e. The first-order valence-corrected chi connectivity index (χ1v) is 15.3. The number of aromatic nitrogens is 1. The van der Waals surface area contributed by atoms with E-state index in [4.69, 9.17) is 0 Å². The Morgan fingerprint density at radius 3 is 2.41 bits per heavy atom. The summed E-state index contributed by atoms with van der Waals surface area (Å²) in [5.41, 5.74) is 2.80. The lowest BCUT2D eigenvalue weighted by atomic mass is 9.90. The van der Waals surface area contributed by atoms with E-state index in [2.05, 4.69) is 57.8 Å². The molecule has 2 nitrogen and oxygen atoms in total. The Kier molecular flexibility index (Phi) is 5.22. The molecule has 0 amide bonds. The summed E-state index contributed by atoms with van der Waals surface area (Å²) in [6.07, 6.45) is 4.56. The normalized spacial score (nSPS) is 16.9. The summed E-state index contributed by atoms with van der Waals surface area (Å²) in [4.78, 5) is 12.1. The quantitative estimate of drug-likeness (QED) is 0.737. The van der Waals surface area contributed by atoms with Gasteiger partial charge in [-0.15, -0.1) is 0 Å². The Morgan fingerprint density at radius 2 is 1.82 bits per heavy atom. The standard InChI is InChI=1S/C18H29NOSi2/c1-21(2,3)14-16(22(4,5)6)13-15-9-8-12-19-17(15)10-7-11-18(19)20/h7,10-11,13-14H,8-9,12H2,1-6H3. The van der Waals surface area contributed by atoms with Crippen LogP contribution in [0.25, 0.3) is 0 Å². The molecule has 0 aliphatic carbocycles. The van der Waals surface area contributed by atoms with Crippen LogP contribution in [0.2, 0.25) is 39.3 Å². The summed E-state index contributed by atoms with van der Waals surface area (Å²) in [7, 11) is -2.64. The third-order valence-corrected chi connectivity index (χ3v) is 7.48. The van der Waals surface area contributed by atoms with Crippen molar-refractivity contribution in [1.29, 1.82) is 0 Å². The average molecular weight is 332 g/mol. The molecule has 2 heterocycles. The zero-order valence-electron chi connectivity index (χ0n) is 14.9. The molecule has 0 aromatic carbocycles. The van der Waals surface area contributed by atoms with Crippen molar-refractivity contribution in [3.8, 4) is 0 Å².